The third-order valence-corrected chi connectivity index (χ3v) is 5.45. The minimum Gasteiger partial charge on any atom is -0.480 e. The first-order chi connectivity index (χ1) is 13.1. The summed E-state index contributed by atoms with van der Waals surface area (Å²) in [7, 11) is 0. The molecule has 1 aromatic carbocycles. The van der Waals surface area contributed by atoms with Gasteiger partial charge in [0.1, 0.15) is 11.6 Å². The number of rotatable bonds is 8. The number of hydrogen-bond donors (Lipinski definition) is 2. The van der Waals surface area contributed by atoms with Gasteiger partial charge in [-0.05, 0) is 45.7 Å². The standard InChI is InChI=1S/C20H27NO6S/c1-5-26-18(24)15-13(11-28-12-9-7-6-8-10-12)14(15)16(17(22)23)21-19(25)27-20(2,3)4/h6-10,13-16H,5,11H2,1-4H3,(H,21,25)(H,22,23). The number of hydrogen-bond acceptors (Lipinski definition) is 6. The summed E-state index contributed by atoms with van der Waals surface area (Å²) in [6.45, 7) is 7.01. The maximum absolute atomic E-state index is 12.3. The van der Waals surface area contributed by atoms with Gasteiger partial charge in [0.2, 0.25) is 0 Å². The Balaban J connectivity index is 2.10. The Hall–Kier alpha value is -2.22. The molecule has 7 nitrogen and oxygen atoms in total. The molecular weight excluding hydrogens is 382 g/mol. The van der Waals surface area contributed by atoms with Crippen LogP contribution in [0.1, 0.15) is 27.7 Å². The maximum atomic E-state index is 12.3. The molecule has 8 heteroatoms. The Bertz CT molecular complexity index is 702. The first-order valence-electron chi connectivity index (χ1n) is 9.21. The zero-order valence-electron chi connectivity index (χ0n) is 16.5. The second-order valence-corrected chi connectivity index (χ2v) is 8.70. The highest BCUT2D eigenvalue weighted by Crippen LogP contribution is 2.51. The second-order valence-electron chi connectivity index (χ2n) is 7.61. The van der Waals surface area contributed by atoms with Crippen LogP contribution in [0.2, 0.25) is 0 Å². The summed E-state index contributed by atoms with van der Waals surface area (Å²) in [6, 6.07) is 8.44. The molecule has 1 aliphatic carbocycles. The molecule has 1 saturated carbocycles. The van der Waals surface area contributed by atoms with Gasteiger partial charge in [-0.3, -0.25) is 4.79 Å². The minimum absolute atomic E-state index is 0.208. The van der Waals surface area contributed by atoms with Crippen molar-refractivity contribution in [3.05, 3.63) is 30.3 Å². The molecule has 2 N–H and O–H groups in total. The van der Waals surface area contributed by atoms with Crippen molar-refractivity contribution in [2.24, 2.45) is 17.8 Å². The average molecular weight is 410 g/mol. The lowest BCUT2D eigenvalue weighted by Crippen LogP contribution is -2.45. The normalized spacial score (nSPS) is 22.1. The van der Waals surface area contributed by atoms with E-state index in [9.17, 15) is 19.5 Å². The number of carboxylic acid groups (broad SMARTS) is 1. The molecule has 4 unspecified atom stereocenters. The molecule has 0 aromatic heterocycles. The van der Waals surface area contributed by atoms with E-state index in [0.29, 0.717) is 5.75 Å². The first kappa shape index (κ1) is 22.1. The van der Waals surface area contributed by atoms with Crippen molar-refractivity contribution in [1.29, 1.82) is 0 Å². The van der Waals surface area contributed by atoms with Crippen LogP contribution in [0, 0.1) is 17.8 Å². The number of ether oxygens (including phenoxy) is 2. The summed E-state index contributed by atoms with van der Waals surface area (Å²) < 4.78 is 10.3. The van der Waals surface area contributed by atoms with Gasteiger partial charge in [0.25, 0.3) is 0 Å². The van der Waals surface area contributed by atoms with Gasteiger partial charge in [-0.2, -0.15) is 0 Å². The van der Waals surface area contributed by atoms with E-state index in [0.717, 1.165) is 4.90 Å². The van der Waals surface area contributed by atoms with Crippen LogP contribution in [0.25, 0.3) is 0 Å². The molecule has 0 bridgehead atoms. The molecule has 1 fully saturated rings. The molecule has 0 saturated heterocycles. The third kappa shape index (κ3) is 6.15. The average Bonchev–Trinajstić information content (AvgIpc) is 3.31. The van der Waals surface area contributed by atoms with Crippen LogP contribution in [-0.2, 0) is 19.1 Å². The molecule has 28 heavy (non-hydrogen) atoms. The summed E-state index contributed by atoms with van der Waals surface area (Å²) in [5, 5.41) is 12.0. The van der Waals surface area contributed by atoms with E-state index in [1.165, 1.54) is 0 Å². The summed E-state index contributed by atoms with van der Waals surface area (Å²) in [4.78, 5) is 37.2. The van der Waals surface area contributed by atoms with Crippen LogP contribution in [0.5, 0.6) is 0 Å². The summed E-state index contributed by atoms with van der Waals surface area (Å²) >= 11 is 1.55. The monoisotopic (exact) mass is 409 g/mol. The molecular formula is C20H27NO6S. The lowest BCUT2D eigenvalue weighted by atomic mass is 10.1. The van der Waals surface area contributed by atoms with Crippen molar-refractivity contribution >= 4 is 29.8 Å². The molecule has 1 aliphatic rings. The Labute approximate surface area is 169 Å². The first-order valence-corrected chi connectivity index (χ1v) is 10.2. The van der Waals surface area contributed by atoms with Crippen LogP contribution in [0.3, 0.4) is 0 Å². The zero-order valence-corrected chi connectivity index (χ0v) is 17.3. The molecule has 154 valence electrons. The van der Waals surface area contributed by atoms with Gasteiger partial charge in [0.05, 0.1) is 12.5 Å². The summed E-state index contributed by atoms with van der Waals surface area (Å²) in [5.74, 6) is -2.38. The van der Waals surface area contributed by atoms with Gasteiger partial charge in [-0.25, -0.2) is 9.59 Å². The lowest BCUT2D eigenvalue weighted by Gasteiger charge is -2.22. The van der Waals surface area contributed by atoms with E-state index in [-0.39, 0.29) is 12.5 Å². The number of aliphatic carboxylic acids is 1. The van der Waals surface area contributed by atoms with Gasteiger partial charge >= 0.3 is 18.0 Å². The van der Waals surface area contributed by atoms with E-state index < -0.39 is 41.5 Å². The van der Waals surface area contributed by atoms with Crippen LogP contribution < -0.4 is 5.32 Å². The zero-order chi connectivity index (χ0) is 20.9. The SMILES string of the molecule is CCOC(=O)C1C(CSc2ccccc2)C1C(NC(=O)OC(C)(C)C)C(=O)O. The van der Waals surface area contributed by atoms with E-state index in [1.54, 1.807) is 39.5 Å². The molecule has 0 radical (unpaired) electrons. The Kier molecular flexibility index (Phi) is 7.35. The number of carbonyl (C=O) groups excluding carboxylic acids is 2. The number of carbonyl (C=O) groups is 3. The van der Waals surface area contributed by atoms with Crippen molar-refractivity contribution in [2.45, 2.75) is 44.2 Å². The van der Waals surface area contributed by atoms with Gasteiger partial charge in [-0.15, -0.1) is 11.8 Å². The fourth-order valence-electron chi connectivity index (χ4n) is 3.11. The third-order valence-electron chi connectivity index (χ3n) is 4.30. The van der Waals surface area contributed by atoms with Crippen molar-refractivity contribution < 1.29 is 29.0 Å². The molecule has 2 rings (SSSR count). The predicted octanol–water partition coefficient (Wildman–Crippen LogP) is 3.18. The predicted molar refractivity (Wildman–Crippen MR) is 105 cm³/mol. The topological polar surface area (TPSA) is 102 Å². The Morgan fingerprint density at radius 2 is 1.86 bits per heavy atom. The van der Waals surface area contributed by atoms with Gasteiger partial charge in [-0.1, -0.05) is 18.2 Å². The van der Waals surface area contributed by atoms with E-state index in [1.807, 2.05) is 30.3 Å². The molecule has 1 aromatic rings. The van der Waals surface area contributed by atoms with Crippen molar-refractivity contribution in [2.75, 3.05) is 12.4 Å². The Morgan fingerprint density at radius 3 is 2.39 bits per heavy atom. The molecule has 0 heterocycles. The summed E-state index contributed by atoms with van der Waals surface area (Å²) in [5.41, 5.74) is -0.750. The highest BCUT2D eigenvalue weighted by molar-refractivity contribution is 7.99. The van der Waals surface area contributed by atoms with E-state index >= 15 is 0 Å². The lowest BCUT2D eigenvalue weighted by molar-refractivity contribution is -0.145. The molecule has 1 amide bonds. The molecule has 4 atom stereocenters. The molecule has 0 aliphatic heterocycles. The Morgan fingerprint density at radius 1 is 1.21 bits per heavy atom. The number of nitrogens with one attached hydrogen (secondary N) is 1. The van der Waals surface area contributed by atoms with Crippen LogP contribution in [0.4, 0.5) is 4.79 Å². The quantitative estimate of drug-likeness (QED) is 0.502. The second kappa shape index (κ2) is 9.32. The van der Waals surface area contributed by atoms with Crippen molar-refractivity contribution in [3.63, 3.8) is 0 Å². The summed E-state index contributed by atoms with van der Waals surface area (Å²) in [6.07, 6.45) is -0.816. The van der Waals surface area contributed by atoms with Crippen LogP contribution in [-0.4, -0.2) is 47.1 Å². The van der Waals surface area contributed by atoms with Crippen molar-refractivity contribution in [1.82, 2.24) is 5.32 Å². The van der Waals surface area contributed by atoms with Gasteiger partial charge in [0.15, 0.2) is 0 Å². The fourth-order valence-corrected chi connectivity index (χ4v) is 4.27. The maximum Gasteiger partial charge on any atom is 0.408 e. The number of carboxylic acids is 1. The number of thioether (sulfide) groups is 1. The number of esters is 1. The van der Waals surface area contributed by atoms with Crippen LogP contribution in [0.15, 0.2) is 35.2 Å². The fraction of sp³-hybridized carbons (Fsp3) is 0.550. The highest BCUT2D eigenvalue weighted by Gasteiger charge is 2.61. The molecule has 0 spiro atoms. The largest absolute Gasteiger partial charge is 0.480 e. The minimum atomic E-state index is -1.22. The van der Waals surface area contributed by atoms with E-state index in [2.05, 4.69) is 5.32 Å². The smallest absolute Gasteiger partial charge is 0.408 e. The van der Waals surface area contributed by atoms with Gasteiger partial charge in [0, 0.05) is 16.6 Å². The highest BCUT2D eigenvalue weighted by atomic mass is 32.2. The number of amides is 1. The number of benzene rings is 1. The van der Waals surface area contributed by atoms with Crippen LogP contribution >= 0.6 is 11.8 Å². The van der Waals surface area contributed by atoms with Crippen molar-refractivity contribution in [3.8, 4) is 0 Å². The van der Waals surface area contributed by atoms with E-state index in [4.69, 9.17) is 9.47 Å². The van der Waals surface area contributed by atoms with Gasteiger partial charge < -0.3 is 19.9 Å². The number of alkyl carbamates (subject to hydrolysis) is 1.